The Morgan fingerprint density at radius 3 is 2.20 bits per heavy atom. The van der Waals surface area contributed by atoms with Crippen molar-refractivity contribution in [2.24, 2.45) is 0 Å². The molecule has 2 aliphatic heterocycles. The molecule has 0 amide bonds. The maximum absolute atomic E-state index is 11.3. The molecular weight excluding hydrogens is 268 g/mol. The largest absolute Gasteiger partial charge is 0.497 e. The first-order valence-electron chi connectivity index (χ1n) is 7.55. The highest BCUT2D eigenvalue weighted by Crippen LogP contribution is 2.50. The first kappa shape index (κ1) is 14.3. The van der Waals surface area contributed by atoms with Crippen molar-refractivity contribution in [1.29, 1.82) is 0 Å². The molecule has 2 bridgehead atoms. The second kappa shape index (κ2) is 5.27. The van der Waals surface area contributed by atoms with Gasteiger partial charge in [0.25, 0.3) is 0 Å². The van der Waals surface area contributed by atoms with Crippen LogP contribution < -0.4 is 4.74 Å². The van der Waals surface area contributed by atoms with Crippen molar-refractivity contribution < 1.29 is 9.84 Å². The van der Waals surface area contributed by atoms with Crippen molar-refractivity contribution in [1.82, 2.24) is 0 Å². The summed E-state index contributed by atoms with van der Waals surface area (Å²) in [6.07, 6.45) is 5.67. The van der Waals surface area contributed by atoms with Crippen LogP contribution in [0.4, 0.5) is 0 Å². The summed E-state index contributed by atoms with van der Waals surface area (Å²) in [7, 11) is 1.70. The molecule has 2 nitrogen and oxygen atoms in total. The van der Waals surface area contributed by atoms with E-state index in [0.29, 0.717) is 10.5 Å². The van der Waals surface area contributed by atoms with Gasteiger partial charge >= 0.3 is 0 Å². The first-order chi connectivity index (χ1) is 9.51. The SMILES string of the molecule is COc1cc(C)c(C2(O)CC3CCCC(C2)S3)c(C)c1. The van der Waals surface area contributed by atoms with Gasteiger partial charge in [-0.2, -0.15) is 11.8 Å². The minimum Gasteiger partial charge on any atom is -0.497 e. The lowest BCUT2D eigenvalue weighted by molar-refractivity contribution is 0.00697. The molecule has 0 saturated carbocycles. The number of benzene rings is 1. The number of thioether (sulfide) groups is 1. The summed E-state index contributed by atoms with van der Waals surface area (Å²) < 4.78 is 5.34. The lowest BCUT2D eigenvalue weighted by Crippen LogP contribution is -2.41. The van der Waals surface area contributed by atoms with Crippen LogP contribution in [0.15, 0.2) is 12.1 Å². The molecule has 2 aliphatic rings. The fraction of sp³-hybridized carbons (Fsp3) is 0.647. The molecule has 2 saturated heterocycles. The van der Waals surface area contributed by atoms with Crippen molar-refractivity contribution in [2.75, 3.05) is 7.11 Å². The molecule has 0 spiro atoms. The third-order valence-electron chi connectivity index (χ3n) is 4.78. The molecule has 1 aromatic carbocycles. The molecule has 0 radical (unpaired) electrons. The van der Waals surface area contributed by atoms with Crippen molar-refractivity contribution in [3.05, 3.63) is 28.8 Å². The van der Waals surface area contributed by atoms with Crippen LogP contribution in [-0.4, -0.2) is 22.7 Å². The highest BCUT2D eigenvalue weighted by molar-refractivity contribution is 8.00. The average molecular weight is 292 g/mol. The van der Waals surface area contributed by atoms with Crippen molar-refractivity contribution in [3.8, 4) is 5.75 Å². The van der Waals surface area contributed by atoms with Crippen molar-refractivity contribution in [2.45, 2.75) is 62.1 Å². The second-order valence-corrected chi connectivity index (χ2v) is 7.99. The number of aryl methyl sites for hydroxylation is 2. The van der Waals surface area contributed by atoms with E-state index in [1.165, 1.54) is 19.3 Å². The standard InChI is InChI=1S/C17H24O2S/c1-11-7-13(19-3)8-12(2)16(11)17(18)9-14-5-4-6-15(10-17)20-14/h7-8,14-15,18H,4-6,9-10H2,1-3H3. The van der Waals surface area contributed by atoms with Gasteiger partial charge in [0, 0.05) is 10.5 Å². The van der Waals surface area contributed by atoms with E-state index in [9.17, 15) is 5.11 Å². The molecule has 0 aromatic heterocycles. The van der Waals surface area contributed by atoms with E-state index >= 15 is 0 Å². The monoisotopic (exact) mass is 292 g/mol. The fourth-order valence-corrected chi connectivity index (χ4v) is 5.99. The summed E-state index contributed by atoms with van der Waals surface area (Å²) in [5.41, 5.74) is 2.83. The molecule has 2 heterocycles. The molecule has 0 aliphatic carbocycles. The lowest BCUT2D eigenvalue weighted by Gasteiger charge is -2.45. The number of fused-ring (bicyclic) bond motifs is 2. The molecule has 20 heavy (non-hydrogen) atoms. The summed E-state index contributed by atoms with van der Waals surface area (Å²) in [6.45, 7) is 4.20. The van der Waals surface area contributed by atoms with Gasteiger partial charge in [0.05, 0.1) is 12.7 Å². The third-order valence-corrected chi connectivity index (χ3v) is 6.35. The van der Waals surface area contributed by atoms with Crippen LogP contribution in [0.1, 0.15) is 48.8 Å². The molecule has 110 valence electrons. The number of aliphatic hydroxyl groups is 1. The summed E-state index contributed by atoms with van der Waals surface area (Å²) >= 11 is 2.10. The number of methoxy groups -OCH3 is 1. The van der Waals surface area contributed by atoms with Crippen LogP contribution in [0.2, 0.25) is 0 Å². The van der Waals surface area contributed by atoms with Crippen molar-refractivity contribution >= 4 is 11.8 Å². The van der Waals surface area contributed by atoms with Gasteiger partial charge in [-0.05, 0) is 68.4 Å². The molecule has 2 fully saturated rings. The zero-order valence-corrected chi connectivity index (χ0v) is 13.4. The number of hydrogen-bond donors (Lipinski definition) is 1. The summed E-state index contributed by atoms with van der Waals surface area (Å²) in [6, 6.07) is 4.11. The Kier molecular flexibility index (Phi) is 3.76. The van der Waals surface area contributed by atoms with Gasteiger partial charge in [0.2, 0.25) is 0 Å². The van der Waals surface area contributed by atoms with Crippen LogP contribution in [0.25, 0.3) is 0 Å². The van der Waals surface area contributed by atoms with E-state index in [-0.39, 0.29) is 0 Å². The van der Waals surface area contributed by atoms with Crippen LogP contribution in [0.5, 0.6) is 5.75 Å². The van der Waals surface area contributed by atoms with E-state index in [0.717, 1.165) is 35.3 Å². The maximum Gasteiger partial charge on any atom is 0.119 e. The Bertz CT molecular complexity index is 477. The number of hydrogen-bond acceptors (Lipinski definition) is 3. The Labute approximate surface area is 125 Å². The molecule has 3 rings (SSSR count). The smallest absolute Gasteiger partial charge is 0.119 e. The van der Waals surface area contributed by atoms with Crippen LogP contribution in [0.3, 0.4) is 0 Å². The predicted molar refractivity (Wildman–Crippen MR) is 84.6 cm³/mol. The molecule has 1 aromatic rings. The van der Waals surface area contributed by atoms with Gasteiger partial charge in [-0.3, -0.25) is 0 Å². The van der Waals surface area contributed by atoms with Crippen LogP contribution >= 0.6 is 11.8 Å². The summed E-state index contributed by atoms with van der Waals surface area (Å²) in [4.78, 5) is 0. The average Bonchev–Trinajstić information content (AvgIpc) is 2.36. The molecular formula is C17H24O2S. The summed E-state index contributed by atoms with van der Waals surface area (Å²) in [5, 5.41) is 12.6. The van der Waals surface area contributed by atoms with Gasteiger partial charge in [0.15, 0.2) is 0 Å². The van der Waals surface area contributed by atoms with Gasteiger partial charge in [-0.1, -0.05) is 6.42 Å². The molecule has 2 atom stereocenters. The van der Waals surface area contributed by atoms with Gasteiger partial charge in [0.1, 0.15) is 5.75 Å². The summed E-state index contributed by atoms with van der Waals surface area (Å²) in [5.74, 6) is 0.887. The van der Waals surface area contributed by atoms with Crippen LogP contribution in [0, 0.1) is 13.8 Å². The minimum atomic E-state index is -0.637. The third kappa shape index (κ3) is 2.46. The van der Waals surface area contributed by atoms with E-state index in [2.05, 4.69) is 37.7 Å². The quantitative estimate of drug-likeness (QED) is 0.895. The molecule has 1 N–H and O–H groups in total. The van der Waals surface area contributed by atoms with Crippen molar-refractivity contribution in [3.63, 3.8) is 0 Å². The Hall–Kier alpha value is -0.670. The maximum atomic E-state index is 11.3. The Balaban J connectivity index is 1.99. The highest BCUT2D eigenvalue weighted by Gasteiger charge is 2.43. The normalized spacial score (nSPS) is 33.0. The van der Waals surface area contributed by atoms with Gasteiger partial charge in [-0.15, -0.1) is 0 Å². The first-order valence-corrected chi connectivity index (χ1v) is 8.49. The predicted octanol–water partition coefficient (Wildman–Crippen LogP) is 3.95. The number of ether oxygens (including phenoxy) is 1. The molecule has 3 heteroatoms. The zero-order valence-electron chi connectivity index (χ0n) is 12.6. The van der Waals surface area contributed by atoms with E-state index in [4.69, 9.17) is 4.74 Å². The topological polar surface area (TPSA) is 29.5 Å². The van der Waals surface area contributed by atoms with Crippen LogP contribution in [-0.2, 0) is 5.60 Å². The van der Waals surface area contributed by atoms with Gasteiger partial charge in [-0.25, -0.2) is 0 Å². The zero-order chi connectivity index (χ0) is 14.3. The minimum absolute atomic E-state index is 0.633. The Morgan fingerprint density at radius 1 is 1.15 bits per heavy atom. The lowest BCUT2D eigenvalue weighted by atomic mass is 9.77. The Morgan fingerprint density at radius 2 is 1.70 bits per heavy atom. The van der Waals surface area contributed by atoms with E-state index in [1.807, 2.05) is 0 Å². The van der Waals surface area contributed by atoms with E-state index < -0.39 is 5.60 Å². The second-order valence-electron chi connectivity index (χ2n) is 6.39. The number of rotatable bonds is 2. The fourth-order valence-electron chi connectivity index (χ4n) is 4.10. The van der Waals surface area contributed by atoms with Gasteiger partial charge < -0.3 is 9.84 Å². The van der Waals surface area contributed by atoms with E-state index in [1.54, 1.807) is 7.11 Å². The highest BCUT2D eigenvalue weighted by atomic mass is 32.2. The molecule has 2 unspecified atom stereocenters.